The molecule has 2 N–H and O–H groups in total. The number of carbonyl (C=O) groups is 2. The number of anilines is 1. The van der Waals surface area contributed by atoms with Crippen molar-refractivity contribution in [2.75, 3.05) is 17.7 Å². The van der Waals surface area contributed by atoms with Crippen molar-refractivity contribution in [1.82, 2.24) is 5.32 Å². The Labute approximate surface area is 109 Å². The van der Waals surface area contributed by atoms with Crippen molar-refractivity contribution < 1.29 is 9.59 Å². The zero-order valence-corrected chi connectivity index (χ0v) is 11.2. The summed E-state index contributed by atoms with van der Waals surface area (Å²) in [7, 11) is 1.59. The second-order valence-electron chi connectivity index (χ2n) is 3.49. The predicted molar refractivity (Wildman–Crippen MR) is 71.3 cm³/mol. The molecule has 5 heteroatoms. The third-order valence-corrected chi connectivity index (χ3v) is 2.64. The van der Waals surface area contributed by atoms with Crippen LogP contribution in [0.3, 0.4) is 0 Å². The van der Waals surface area contributed by atoms with Crippen molar-refractivity contribution >= 4 is 33.4 Å². The number of para-hydroxylation sites is 1. The Morgan fingerprint density at radius 2 is 1.94 bits per heavy atom. The smallest absolute Gasteiger partial charge is 0.225 e. The number of hydrogen-bond donors (Lipinski definition) is 2. The first-order valence-electron chi connectivity index (χ1n) is 5.31. The van der Waals surface area contributed by atoms with Crippen LogP contribution < -0.4 is 10.6 Å². The average Bonchev–Trinajstić information content (AvgIpc) is 2.31. The van der Waals surface area contributed by atoms with Crippen LogP contribution in [0, 0.1) is 0 Å². The molecular formula is C12H15BrN2O2. The van der Waals surface area contributed by atoms with Gasteiger partial charge in [0, 0.05) is 24.5 Å². The zero-order valence-electron chi connectivity index (χ0n) is 9.63. The lowest BCUT2D eigenvalue weighted by molar-refractivity contribution is -0.120. The molecule has 1 rings (SSSR count). The maximum atomic E-state index is 11.5. The highest BCUT2D eigenvalue weighted by atomic mass is 79.9. The topological polar surface area (TPSA) is 58.2 Å². The Bertz CT molecular complexity index is 407. The first kappa shape index (κ1) is 13.7. The number of rotatable bonds is 5. The Balaban J connectivity index is 2.77. The molecule has 0 radical (unpaired) electrons. The van der Waals surface area contributed by atoms with Crippen molar-refractivity contribution in [1.29, 1.82) is 0 Å². The van der Waals surface area contributed by atoms with E-state index >= 15 is 0 Å². The minimum Gasteiger partial charge on any atom is -0.359 e. The molecular weight excluding hydrogens is 284 g/mol. The van der Waals surface area contributed by atoms with Gasteiger partial charge in [-0.05, 0) is 11.6 Å². The van der Waals surface area contributed by atoms with Gasteiger partial charge in [0.1, 0.15) is 0 Å². The van der Waals surface area contributed by atoms with Crippen LogP contribution in [0.5, 0.6) is 0 Å². The maximum absolute atomic E-state index is 11.5. The van der Waals surface area contributed by atoms with Crippen LogP contribution in [-0.4, -0.2) is 24.2 Å². The highest BCUT2D eigenvalue weighted by Gasteiger charge is 2.08. The van der Waals surface area contributed by atoms with E-state index in [1.807, 2.05) is 18.2 Å². The fourth-order valence-electron chi connectivity index (χ4n) is 1.36. The Morgan fingerprint density at radius 3 is 2.59 bits per heavy atom. The molecule has 0 spiro atoms. The summed E-state index contributed by atoms with van der Waals surface area (Å²) < 4.78 is 0. The van der Waals surface area contributed by atoms with Crippen LogP contribution in [0.1, 0.15) is 12.0 Å². The quantitative estimate of drug-likeness (QED) is 0.813. The van der Waals surface area contributed by atoms with Crippen molar-refractivity contribution in [2.45, 2.75) is 12.8 Å². The lowest BCUT2D eigenvalue weighted by Crippen LogP contribution is -2.21. The number of amides is 2. The molecule has 0 aliphatic carbocycles. The van der Waals surface area contributed by atoms with Crippen LogP contribution in [0.4, 0.5) is 5.69 Å². The maximum Gasteiger partial charge on any atom is 0.225 e. The Hall–Kier alpha value is -1.36. The first-order chi connectivity index (χ1) is 8.17. The number of benzene rings is 1. The summed E-state index contributed by atoms with van der Waals surface area (Å²) in [6.07, 6.45) is 0.676. The SMILES string of the molecule is CNC(=O)Cc1ccccc1NC(=O)CCBr. The third-order valence-electron chi connectivity index (χ3n) is 2.24. The zero-order chi connectivity index (χ0) is 12.7. The summed E-state index contributed by atoms with van der Waals surface area (Å²) >= 11 is 3.21. The molecule has 0 atom stereocenters. The average molecular weight is 299 g/mol. The molecule has 0 aromatic heterocycles. The molecule has 92 valence electrons. The molecule has 2 amide bonds. The van der Waals surface area contributed by atoms with Crippen molar-refractivity contribution in [3.8, 4) is 0 Å². The molecule has 0 heterocycles. The van der Waals surface area contributed by atoms with Gasteiger partial charge < -0.3 is 10.6 Å². The second-order valence-corrected chi connectivity index (χ2v) is 4.29. The molecule has 0 unspecified atom stereocenters. The van der Waals surface area contributed by atoms with E-state index in [0.717, 1.165) is 5.56 Å². The summed E-state index contributed by atoms with van der Waals surface area (Å²) in [5.74, 6) is -0.140. The van der Waals surface area contributed by atoms with Crippen molar-refractivity contribution in [3.63, 3.8) is 0 Å². The fraction of sp³-hybridized carbons (Fsp3) is 0.333. The van der Waals surface area contributed by atoms with Crippen LogP contribution in [0.25, 0.3) is 0 Å². The van der Waals surface area contributed by atoms with Gasteiger partial charge in [0.05, 0.1) is 6.42 Å². The van der Waals surface area contributed by atoms with E-state index in [2.05, 4.69) is 26.6 Å². The van der Waals surface area contributed by atoms with Crippen LogP contribution in [-0.2, 0) is 16.0 Å². The van der Waals surface area contributed by atoms with E-state index in [0.29, 0.717) is 17.4 Å². The normalized spacial score (nSPS) is 9.76. The van der Waals surface area contributed by atoms with Gasteiger partial charge in [-0.2, -0.15) is 0 Å². The van der Waals surface area contributed by atoms with E-state index in [-0.39, 0.29) is 18.2 Å². The summed E-state index contributed by atoms with van der Waals surface area (Å²) in [5, 5.41) is 5.97. The molecule has 0 fully saturated rings. The number of nitrogens with one attached hydrogen (secondary N) is 2. The molecule has 4 nitrogen and oxygen atoms in total. The Morgan fingerprint density at radius 1 is 1.24 bits per heavy atom. The van der Waals surface area contributed by atoms with Gasteiger partial charge in [-0.15, -0.1) is 0 Å². The Kier molecular flexibility index (Phi) is 5.69. The lowest BCUT2D eigenvalue weighted by Gasteiger charge is -2.09. The van der Waals surface area contributed by atoms with E-state index in [4.69, 9.17) is 0 Å². The largest absolute Gasteiger partial charge is 0.359 e. The summed E-state index contributed by atoms with van der Waals surface area (Å²) in [6.45, 7) is 0. The van der Waals surface area contributed by atoms with Crippen molar-refractivity contribution in [2.24, 2.45) is 0 Å². The van der Waals surface area contributed by atoms with Gasteiger partial charge in [-0.1, -0.05) is 34.1 Å². The second kappa shape index (κ2) is 7.06. The van der Waals surface area contributed by atoms with Crippen LogP contribution in [0.15, 0.2) is 24.3 Å². The highest BCUT2D eigenvalue weighted by Crippen LogP contribution is 2.16. The van der Waals surface area contributed by atoms with Crippen molar-refractivity contribution in [3.05, 3.63) is 29.8 Å². The number of carbonyl (C=O) groups excluding carboxylic acids is 2. The standard InChI is InChI=1S/C12H15BrN2O2/c1-14-12(17)8-9-4-2-3-5-10(9)15-11(16)6-7-13/h2-5H,6-8H2,1H3,(H,14,17)(H,15,16). The molecule has 0 aliphatic heterocycles. The molecule has 0 aliphatic rings. The van der Waals surface area contributed by atoms with Gasteiger partial charge >= 0.3 is 0 Å². The monoisotopic (exact) mass is 298 g/mol. The van der Waals surface area contributed by atoms with Gasteiger partial charge in [-0.3, -0.25) is 9.59 Å². The summed E-state index contributed by atoms with van der Waals surface area (Å²) in [5.41, 5.74) is 1.51. The predicted octanol–water partition coefficient (Wildman–Crippen LogP) is 1.70. The van der Waals surface area contributed by atoms with E-state index in [1.165, 1.54) is 0 Å². The van der Waals surface area contributed by atoms with E-state index < -0.39 is 0 Å². The van der Waals surface area contributed by atoms with Crippen LogP contribution >= 0.6 is 15.9 Å². The number of alkyl halides is 1. The van der Waals surface area contributed by atoms with Crippen LogP contribution in [0.2, 0.25) is 0 Å². The minimum absolute atomic E-state index is 0.0637. The highest BCUT2D eigenvalue weighted by molar-refractivity contribution is 9.09. The number of hydrogen-bond acceptors (Lipinski definition) is 2. The van der Waals surface area contributed by atoms with Gasteiger partial charge in [-0.25, -0.2) is 0 Å². The third kappa shape index (κ3) is 4.56. The molecule has 1 aromatic rings. The van der Waals surface area contributed by atoms with Gasteiger partial charge in [0.15, 0.2) is 0 Å². The molecule has 0 saturated carbocycles. The molecule has 17 heavy (non-hydrogen) atoms. The first-order valence-corrected chi connectivity index (χ1v) is 6.43. The van der Waals surface area contributed by atoms with Gasteiger partial charge in [0.25, 0.3) is 0 Å². The molecule has 1 aromatic carbocycles. The number of halogens is 1. The molecule has 0 saturated heterocycles. The summed E-state index contributed by atoms with van der Waals surface area (Å²) in [4.78, 5) is 22.8. The lowest BCUT2D eigenvalue weighted by atomic mass is 10.1. The summed E-state index contributed by atoms with van der Waals surface area (Å²) in [6, 6.07) is 7.30. The molecule has 0 bridgehead atoms. The van der Waals surface area contributed by atoms with E-state index in [1.54, 1.807) is 13.1 Å². The fourth-order valence-corrected chi connectivity index (χ4v) is 1.72. The number of likely N-dealkylation sites (N-methyl/N-ethyl adjacent to an activating group) is 1. The minimum atomic E-state index is -0.0767. The van der Waals surface area contributed by atoms with E-state index in [9.17, 15) is 9.59 Å². The van der Waals surface area contributed by atoms with Gasteiger partial charge in [0.2, 0.25) is 11.8 Å².